The van der Waals surface area contributed by atoms with E-state index in [4.69, 9.17) is 28.7 Å². The van der Waals surface area contributed by atoms with Crippen molar-refractivity contribution in [3.63, 3.8) is 0 Å². The minimum atomic E-state index is -3.37. The zero-order valence-electron chi connectivity index (χ0n) is 6.70. The zero-order valence-corrected chi connectivity index (χ0v) is 16.8. The molecule has 0 fully saturated rings. The largest absolute Gasteiger partial charge is 3.00 e. The Labute approximate surface area is 170 Å². The second kappa shape index (κ2) is 29.5. The van der Waals surface area contributed by atoms with Crippen LogP contribution in [-0.2, 0) is 9.13 Å². The van der Waals surface area contributed by atoms with Crippen molar-refractivity contribution in [1.82, 2.24) is 0 Å². The Kier molecular flexibility index (Phi) is 88.4. The smallest absolute Gasteiger partial charge is 0.598 e. The van der Waals surface area contributed by atoms with Gasteiger partial charge in [-0.25, -0.2) is 0 Å². The van der Waals surface area contributed by atoms with E-state index in [9.17, 15) is 0 Å². The van der Waals surface area contributed by atoms with E-state index in [2.05, 4.69) is 0 Å². The third-order valence-corrected chi connectivity index (χ3v) is 0. The molecule has 0 aliphatic heterocycles. The fourth-order valence-corrected chi connectivity index (χ4v) is 0. The first-order valence-corrected chi connectivity index (χ1v) is 3.29. The van der Waals surface area contributed by atoms with Gasteiger partial charge >= 0.3 is 129 Å². The summed E-state index contributed by atoms with van der Waals surface area (Å²) in [5, 5.41) is 0. The van der Waals surface area contributed by atoms with Crippen LogP contribution in [0.1, 0.15) is 0 Å². The molecule has 0 aromatic heterocycles. The minimum Gasteiger partial charge on any atom is -0.598 e. The molecule has 0 rings (SSSR count). The summed E-state index contributed by atoms with van der Waals surface area (Å²) in [5.74, 6) is 0. The van der Waals surface area contributed by atoms with E-state index in [0.29, 0.717) is 0 Å². The van der Waals surface area contributed by atoms with Crippen molar-refractivity contribution in [3.8, 4) is 0 Å². The molecule has 12 heteroatoms. The van der Waals surface area contributed by atoms with E-state index in [1.54, 1.807) is 0 Å². The molecule has 0 aliphatic rings. The molecule has 0 aromatic carbocycles. The van der Waals surface area contributed by atoms with Gasteiger partial charge in [0.05, 0.1) is 0 Å². The molecule has 0 N–H and O–H groups in total. The van der Waals surface area contributed by atoms with Crippen molar-refractivity contribution in [2.75, 3.05) is 0 Å². The molecule has 0 unspecified atom stereocenters. The molecule has 0 amide bonds. The van der Waals surface area contributed by atoms with Crippen LogP contribution in [0.5, 0.6) is 0 Å². The summed E-state index contributed by atoms with van der Waals surface area (Å²) < 4.78 is 17.0. The van der Waals surface area contributed by atoms with Crippen molar-refractivity contribution in [1.29, 1.82) is 0 Å². The van der Waals surface area contributed by atoms with Gasteiger partial charge in [0.15, 0.2) is 0 Å². The van der Waals surface area contributed by atoms with Crippen LogP contribution >= 0.6 is 16.5 Å². The van der Waals surface area contributed by atoms with Crippen molar-refractivity contribution < 1.29 is 157 Å². The normalized spacial score (nSPS) is 4.33. The molecule has 0 aliphatic carbocycles. The third kappa shape index (κ3) is 135. The van der Waals surface area contributed by atoms with Crippen LogP contribution in [0.25, 0.3) is 0 Å². The van der Waals surface area contributed by atoms with Gasteiger partial charge in [-0.3, -0.25) is 0 Å². The molecule has 0 saturated carbocycles. The average Bonchev–Trinajstić information content (AvgIpc) is 1.25. The van der Waals surface area contributed by atoms with Gasteiger partial charge in [0.1, 0.15) is 0 Å². The molecule has 6 nitrogen and oxygen atoms in total. The van der Waals surface area contributed by atoms with Crippen LogP contribution in [-0.4, -0.2) is 0 Å². The van der Waals surface area contributed by atoms with Crippen LogP contribution in [0.4, 0.5) is 0 Å². The summed E-state index contributed by atoms with van der Waals surface area (Å²) in [6, 6.07) is 0. The van der Waals surface area contributed by atoms with Gasteiger partial charge in [0, 0.05) is 0 Å². The van der Waals surface area contributed by atoms with Crippen LogP contribution < -0.4 is 108 Å². The monoisotopic (exact) mass is 385 g/mol. The van der Waals surface area contributed by atoms with E-state index in [1.807, 2.05) is 0 Å². The minimum absolute atomic E-state index is 0. The predicted octanol–water partition coefficient (Wildman–Crippen LogP) is -12.3. The summed E-state index contributed by atoms with van der Waals surface area (Å²) in [5.41, 5.74) is 0. The summed E-state index contributed by atoms with van der Waals surface area (Å²) in [4.78, 5) is 33.9. The molecular weight excluding hydrogens is 384 g/mol. The second-order valence-corrected chi connectivity index (χ2v) is 1.34. The molecule has 1 radical (unpaired) electrons. The van der Waals surface area contributed by atoms with Gasteiger partial charge in [0.2, 0.25) is 0 Å². The van der Waals surface area contributed by atoms with Crippen molar-refractivity contribution in [2.24, 2.45) is 0 Å². The van der Waals surface area contributed by atoms with Crippen LogP contribution in [0, 0.1) is 39.9 Å². The Morgan fingerprint density at radius 2 is 0.667 bits per heavy atom. The van der Waals surface area contributed by atoms with Crippen molar-refractivity contribution >= 4 is 16.5 Å². The number of hydrogen-bond acceptors (Lipinski definition) is 6. The maximum absolute atomic E-state index is 8.48. The summed E-state index contributed by atoms with van der Waals surface area (Å²) >= 11 is 0. The predicted molar refractivity (Wildman–Crippen MR) is 15.2 cm³/mol. The maximum Gasteiger partial charge on any atom is 3.00 e. The van der Waals surface area contributed by atoms with Crippen LogP contribution in [0.15, 0.2) is 0 Å². The Hall–Kier alpha value is 4.36. The van der Waals surface area contributed by atoms with Crippen LogP contribution in [0.3, 0.4) is 0 Å². The van der Waals surface area contributed by atoms with E-state index < -0.39 is 16.5 Å². The zero-order chi connectivity index (χ0) is 7.15. The molecular formula is GdNa3O6P2+4. The van der Waals surface area contributed by atoms with Gasteiger partial charge in [-0.05, 0) is 0 Å². The Balaban J connectivity index is -0.0000000112. The Bertz CT molecular complexity index is 78.8. The molecule has 0 bridgehead atoms. The molecule has 0 heterocycles. The van der Waals surface area contributed by atoms with Crippen molar-refractivity contribution in [2.45, 2.75) is 0 Å². The number of rotatable bonds is 0. The van der Waals surface area contributed by atoms with E-state index >= 15 is 0 Å². The fraction of sp³-hybridized carbons (Fsp3) is 0. The van der Waals surface area contributed by atoms with Gasteiger partial charge in [-0.1, -0.05) is 9.13 Å². The third-order valence-electron chi connectivity index (χ3n) is 0. The van der Waals surface area contributed by atoms with E-state index in [1.165, 1.54) is 0 Å². The Morgan fingerprint density at radius 1 is 0.667 bits per heavy atom. The Morgan fingerprint density at radius 3 is 0.667 bits per heavy atom. The van der Waals surface area contributed by atoms with E-state index in [-0.39, 0.29) is 129 Å². The van der Waals surface area contributed by atoms with Gasteiger partial charge in [-0.2, -0.15) is 0 Å². The number of hydrogen-bond donors (Lipinski definition) is 0. The molecule has 0 saturated heterocycles. The van der Waals surface area contributed by atoms with Crippen LogP contribution in [0.2, 0.25) is 0 Å². The average molecular weight is 384 g/mol. The quantitative estimate of drug-likeness (QED) is 0.302. The van der Waals surface area contributed by atoms with E-state index in [0.717, 1.165) is 0 Å². The second-order valence-electron chi connectivity index (χ2n) is 0.447. The maximum atomic E-state index is 8.48. The van der Waals surface area contributed by atoms with Gasteiger partial charge in [-0.15, -0.1) is 0 Å². The SMILES string of the molecule is O=[P+]([O-])[O-].O=[P+]([O-])[O-].[Gd+3].[Na+].[Na+].[Na+]. The topological polar surface area (TPSA) is 126 Å². The first kappa shape index (κ1) is 36.0. The summed E-state index contributed by atoms with van der Waals surface area (Å²) in [6.45, 7) is 0. The first-order chi connectivity index (χ1) is 3.46. The first-order valence-electron chi connectivity index (χ1n) is 1.10. The molecule has 12 heavy (non-hydrogen) atoms. The van der Waals surface area contributed by atoms with Crippen molar-refractivity contribution in [3.05, 3.63) is 0 Å². The van der Waals surface area contributed by atoms with Gasteiger partial charge < -0.3 is 19.6 Å². The summed E-state index contributed by atoms with van der Waals surface area (Å²) in [7, 11) is -6.74. The van der Waals surface area contributed by atoms with Gasteiger partial charge in [0.25, 0.3) is 16.5 Å². The molecule has 0 aromatic rings. The summed E-state index contributed by atoms with van der Waals surface area (Å²) in [6.07, 6.45) is 0. The molecule has 0 atom stereocenters. The molecule has 53 valence electrons. The fourth-order valence-electron chi connectivity index (χ4n) is 0. The standard InChI is InChI=1S/Gd.3Na.2HO3P/c;;;;2*1-4(2)3/h;;;;2*(H,1,2,3)/q+3;3*+1;;/p-2. The molecule has 0 spiro atoms.